The maximum Gasteiger partial charge on any atom is 0.194 e. The van der Waals surface area contributed by atoms with Crippen molar-refractivity contribution in [2.24, 2.45) is 4.99 Å². The Labute approximate surface area is 179 Å². The van der Waals surface area contributed by atoms with E-state index in [0.717, 1.165) is 11.3 Å². The van der Waals surface area contributed by atoms with Gasteiger partial charge >= 0.3 is 0 Å². The molecule has 0 aliphatic carbocycles. The minimum atomic E-state index is -3.11. The summed E-state index contributed by atoms with van der Waals surface area (Å²) in [5.74, 6) is 1.46. The Balaban J connectivity index is 0.00000364. The minimum absolute atomic E-state index is 0. The van der Waals surface area contributed by atoms with Gasteiger partial charge in [-0.25, -0.2) is 8.42 Å². The van der Waals surface area contributed by atoms with Crippen molar-refractivity contribution >= 4 is 39.8 Å². The Hall–Kier alpha value is -1.07. The van der Waals surface area contributed by atoms with Crippen molar-refractivity contribution in [2.75, 3.05) is 39.0 Å². The smallest absolute Gasteiger partial charge is 0.194 e. The standard InChI is InChI=1S/C18H29N3O4S.HI/c1-5-19-17(21-10-11-26(23,24)18(2,3)13-21)20-12-16(22)14-6-8-15(25-4)9-7-14;/h6-9,16,22H,5,10-13H2,1-4H3,(H,19,20);1H. The van der Waals surface area contributed by atoms with Gasteiger partial charge in [-0.1, -0.05) is 12.1 Å². The van der Waals surface area contributed by atoms with Crippen LogP contribution in [0, 0.1) is 0 Å². The lowest BCUT2D eigenvalue weighted by Crippen LogP contribution is -2.57. The van der Waals surface area contributed by atoms with Gasteiger partial charge in [0.1, 0.15) is 5.75 Å². The van der Waals surface area contributed by atoms with Crippen LogP contribution in [0.1, 0.15) is 32.4 Å². The summed E-state index contributed by atoms with van der Waals surface area (Å²) in [5, 5.41) is 13.6. The Kier molecular flexibility index (Phi) is 8.81. The topological polar surface area (TPSA) is 91.2 Å². The van der Waals surface area contributed by atoms with Crippen molar-refractivity contribution in [3.05, 3.63) is 29.8 Å². The highest BCUT2D eigenvalue weighted by Gasteiger charge is 2.40. The van der Waals surface area contributed by atoms with Crippen molar-refractivity contribution in [1.29, 1.82) is 0 Å². The van der Waals surface area contributed by atoms with E-state index in [2.05, 4.69) is 10.3 Å². The molecule has 2 rings (SSSR count). The molecular formula is C18H30IN3O4S. The molecule has 0 bridgehead atoms. The molecule has 1 unspecified atom stereocenters. The van der Waals surface area contributed by atoms with E-state index in [9.17, 15) is 13.5 Å². The number of ether oxygens (including phenoxy) is 1. The average Bonchev–Trinajstić information content (AvgIpc) is 2.61. The van der Waals surface area contributed by atoms with Crippen LogP contribution in [0.25, 0.3) is 0 Å². The van der Waals surface area contributed by atoms with E-state index in [1.165, 1.54) is 0 Å². The van der Waals surface area contributed by atoms with Gasteiger partial charge in [0, 0.05) is 19.6 Å². The SMILES string of the molecule is CCNC(=NCC(O)c1ccc(OC)cc1)N1CCS(=O)(=O)C(C)(C)C1.I. The Bertz CT molecular complexity index is 735. The molecule has 0 saturated carbocycles. The third-order valence-corrected chi connectivity index (χ3v) is 7.13. The number of aliphatic imine (C=N–C) groups is 1. The van der Waals surface area contributed by atoms with Crippen molar-refractivity contribution in [3.8, 4) is 5.75 Å². The van der Waals surface area contributed by atoms with Crippen molar-refractivity contribution < 1.29 is 18.3 Å². The normalized spacial score (nSPS) is 19.7. The van der Waals surface area contributed by atoms with Gasteiger partial charge in [0.25, 0.3) is 0 Å². The molecule has 1 aromatic rings. The van der Waals surface area contributed by atoms with E-state index in [1.54, 1.807) is 33.1 Å². The van der Waals surface area contributed by atoms with Crippen LogP contribution in [0.5, 0.6) is 5.75 Å². The molecule has 154 valence electrons. The van der Waals surface area contributed by atoms with Gasteiger partial charge in [0.05, 0.1) is 30.3 Å². The molecule has 1 heterocycles. The van der Waals surface area contributed by atoms with Gasteiger partial charge in [-0.05, 0) is 38.5 Å². The number of aliphatic hydroxyl groups is 1. The molecule has 0 radical (unpaired) electrons. The summed E-state index contributed by atoms with van der Waals surface area (Å²) >= 11 is 0. The molecule has 1 aliphatic rings. The summed E-state index contributed by atoms with van der Waals surface area (Å²) in [7, 11) is -1.51. The summed E-state index contributed by atoms with van der Waals surface area (Å²) in [5.41, 5.74) is 0.756. The number of hydrogen-bond acceptors (Lipinski definition) is 5. The predicted octanol–water partition coefficient (Wildman–Crippen LogP) is 1.82. The molecular weight excluding hydrogens is 481 g/mol. The van der Waals surface area contributed by atoms with Gasteiger partial charge in [0.15, 0.2) is 15.8 Å². The Morgan fingerprint density at radius 2 is 2.00 bits per heavy atom. The van der Waals surface area contributed by atoms with Crippen molar-refractivity contribution in [2.45, 2.75) is 31.6 Å². The lowest BCUT2D eigenvalue weighted by Gasteiger charge is -2.39. The molecule has 1 aliphatic heterocycles. The van der Waals surface area contributed by atoms with Gasteiger partial charge in [-0.3, -0.25) is 4.99 Å². The van der Waals surface area contributed by atoms with Crippen LogP contribution < -0.4 is 10.1 Å². The summed E-state index contributed by atoms with van der Waals surface area (Å²) in [6, 6.07) is 7.21. The third-order valence-electron chi connectivity index (χ3n) is 4.59. The predicted molar refractivity (Wildman–Crippen MR) is 119 cm³/mol. The highest BCUT2D eigenvalue weighted by atomic mass is 127. The van der Waals surface area contributed by atoms with Crippen LogP contribution >= 0.6 is 24.0 Å². The average molecular weight is 511 g/mol. The van der Waals surface area contributed by atoms with E-state index in [1.807, 2.05) is 24.0 Å². The van der Waals surface area contributed by atoms with E-state index >= 15 is 0 Å². The van der Waals surface area contributed by atoms with E-state index in [-0.39, 0.29) is 36.3 Å². The molecule has 0 spiro atoms. The van der Waals surface area contributed by atoms with Crippen LogP contribution in [-0.4, -0.2) is 68.2 Å². The number of guanidine groups is 1. The number of hydrogen-bond donors (Lipinski definition) is 2. The van der Waals surface area contributed by atoms with Crippen LogP contribution in [0.4, 0.5) is 0 Å². The van der Waals surface area contributed by atoms with Crippen molar-refractivity contribution in [1.82, 2.24) is 10.2 Å². The second-order valence-electron chi connectivity index (χ2n) is 6.98. The summed E-state index contributed by atoms with van der Waals surface area (Å²) < 4.78 is 28.7. The highest BCUT2D eigenvalue weighted by Crippen LogP contribution is 2.24. The number of nitrogens with zero attached hydrogens (tertiary/aromatic N) is 2. The number of sulfone groups is 1. The van der Waals surface area contributed by atoms with Gasteiger partial charge in [-0.2, -0.15) is 0 Å². The Morgan fingerprint density at radius 3 is 2.52 bits per heavy atom. The molecule has 0 amide bonds. The zero-order valence-electron chi connectivity index (χ0n) is 16.3. The molecule has 1 fully saturated rings. The van der Waals surface area contributed by atoms with E-state index in [0.29, 0.717) is 25.6 Å². The molecule has 7 nitrogen and oxygen atoms in total. The first-order chi connectivity index (χ1) is 12.2. The number of methoxy groups -OCH3 is 1. The van der Waals surface area contributed by atoms with Gasteiger partial charge < -0.3 is 20.1 Å². The molecule has 1 aromatic carbocycles. The maximum atomic E-state index is 12.2. The number of aliphatic hydroxyl groups excluding tert-OH is 1. The molecule has 1 atom stereocenters. The zero-order valence-corrected chi connectivity index (χ0v) is 19.5. The lowest BCUT2D eigenvalue weighted by atomic mass is 10.1. The number of nitrogens with one attached hydrogen (secondary N) is 1. The first-order valence-electron chi connectivity index (χ1n) is 8.78. The molecule has 0 aromatic heterocycles. The fourth-order valence-electron chi connectivity index (χ4n) is 2.85. The van der Waals surface area contributed by atoms with Gasteiger partial charge in [-0.15, -0.1) is 24.0 Å². The third kappa shape index (κ3) is 5.95. The molecule has 1 saturated heterocycles. The monoisotopic (exact) mass is 511 g/mol. The number of halogens is 1. The number of rotatable bonds is 5. The maximum absolute atomic E-state index is 12.2. The van der Waals surface area contributed by atoms with E-state index < -0.39 is 20.7 Å². The van der Waals surface area contributed by atoms with Gasteiger partial charge in [0.2, 0.25) is 0 Å². The highest BCUT2D eigenvalue weighted by molar-refractivity contribution is 14.0. The van der Waals surface area contributed by atoms with Crippen LogP contribution in [0.2, 0.25) is 0 Å². The van der Waals surface area contributed by atoms with E-state index in [4.69, 9.17) is 4.74 Å². The summed E-state index contributed by atoms with van der Waals surface area (Å²) in [4.78, 5) is 6.47. The largest absolute Gasteiger partial charge is 0.497 e. The Morgan fingerprint density at radius 1 is 1.37 bits per heavy atom. The fourth-order valence-corrected chi connectivity index (χ4v) is 4.22. The lowest BCUT2D eigenvalue weighted by molar-refractivity contribution is 0.186. The zero-order chi connectivity index (χ0) is 19.4. The van der Waals surface area contributed by atoms with Crippen LogP contribution in [0.3, 0.4) is 0 Å². The first-order valence-corrected chi connectivity index (χ1v) is 10.4. The minimum Gasteiger partial charge on any atom is -0.497 e. The number of benzene rings is 1. The van der Waals surface area contributed by atoms with Crippen LogP contribution in [-0.2, 0) is 9.84 Å². The summed E-state index contributed by atoms with van der Waals surface area (Å²) in [6.07, 6.45) is -0.740. The first kappa shape index (κ1) is 24.0. The van der Waals surface area contributed by atoms with Crippen molar-refractivity contribution in [3.63, 3.8) is 0 Å². The fraction of sp³-hybridized carbons (Fsp3) is 0.611. The second kappa shape index (κ2) is 9.92. The van der Waals surface area contributed by atoms with Crippen LogP contribution in [0.15, 0.2) is 29.3 Å². The molecule has 2 N–H and O–H groups in total. The molecule has 27 heavy (non-hydrogen) atoms. The second-order valence-corrected chi connectivity index (χ2v) is 9.73. The quantitative estimate of drug-likeness (QED) is 0.356. The molecule has 9 heteroatoms. The summed E-state index contributed by atoms with van der Waals surface area (Å²) in [6.45, 7) is 7.07.